The highest BCUT2D eigenvalue weighted by molar-refractivity contribution is 6.39. The van der Waals surface area contributed by atoms with Crippen molar-refractivity contribution >= 4 is 74.3 Å². The van der Waals surface area contributed by atoms with E-state index in [1.54, 1.807) is 42.5 Å². The van der Waals surface area contributed by atoms with E-state index in [1.165, 1.54) is 29.0 Å². The Bertz CT molecular complexity index is 2060. The number of rotatable bonds is 8. The lowest BCUT2D eigenvalue weighted by molar-refractivity contribution is -0.383. The van der Waals surface area contributed by atoms with E-state index in [1.807, 2.05) is 24.3 Å². The normalized spacial score (nSPS) is 11.0. The van der Waals surface area contributed by atoms with Crippen LogP contribution in [0, 0.1) is 10.1 Å². The molecule has 2 N–H and O–H groups in total. The number of halogens is 3. The fourth-order valence-corrected chi connectivity index (χ4v) is 5.20. The Morgan fingerprint density at radius 3 is 2.40 bits per heavy atom. The fourth-order valence-electron chi connectivity index (χ4n) is 4.54. The number of hydrogen-bond acceptors (Lipinski definition) is 8. The second kappa shape index (κ2) is 11.8. The van der Waals surface area contributed by atoms with Crippen molar-refractivity contribution in [3.8, 4) is 6.01 Å². The zero-order valence-electron chi connectivity index (χ0n) is 21.9. The van der Waals surface area contributed by atoms with Gasteiger partial charge in [0, 0.05) is 23.2 Å². The molecule has 0 atom stereocenters. The van der Waals surface area contributed by atoms with Gasteiger partial charge in [-0.05, 0) is 48.0 Å². The number of para-hydroxylation sites is 3. The number of anilines is 4. The van der Waals surface area contributed by atoms with Gasteiger partial charge in [-0.1, -0.05) is 71.2 Å². The van der Waals surface area contributed by atoms with E-state index < -0.39 is 10.5 Å². The van der Waals surface area contributed by atoms with Crippen LogP contribution in [0.5, 0.6) is 0 Å². The minimum atomic E-state index is -0.563. The molecule has 13 heteroatoms. The molecule has 0 saturated carbocycles. The predicted molar refractivity (Wildman–Crippen MR) is 168 cm³/mol. The van der Waals surface area contributed by atoms with E-state index in [9.17, 15) is 14.9 Å². The highest BCUT2D eigenvalue weighted by atomic mass is 35.5. The maximum absolute atomic E-state index is 13.8. The lowest BCUT2D eigenvalue weighted by Crippen LogP contribution is -2.24. The van der Waals surface area contributed by atoms with E-state index in [0.717, 1.165) is 5.56 Å². The minimum Gasteiger partial charge on any atom is -0.429 e. The van der Waals surface area contributed by atoms with Gasteiger partial charge >= 0.3 is 6.01 Å². The lowest BCUT2D eigenvalue weighted by Gasteiger charge is -2.16. The van der Waals surface area contributed by atoms with Crippen molar-refractivity contribution in [2.45, 2.75) is 6.42 Å². The summed E-state index contributed by atoms with van der Waals surface area (Å²) in [4.78, 5) is 34.0. The fraction of sp³-hybridized carbons (Fsp3) is 0.0333. The van der Waals surface area contributed by atoms with Gasteiger partial charge in [-0.2, -0.15) is 4.98 Å². The Balaban J connectivity index is 1.42. The molecule has 0 fully saturated rings. The van der Waals surface area contributed by atoms with Gasteiger partial charge in [0.1, 0.15) is 17.8 Å². The van der Waals surface area contributed by atoms with Crippen LogP contribution >= 0.6 is 34.8 Å². The lowest BCUT2D eigenvalue weighted by atomic mass is 10.1. The summed E-state index contributed by atoms with van der Waals surface area (Å²) in [5.41, 5.74) is 2.04. The summed E-state index contributed by atoms with van der Waals surface area (Å²) < 4.78 is 7.00. The monoisotopic (exact) mass is 632 g/mol. The molecule has 10 nitrogen and oxygen atoms in total. The van der Waals surface area contributed by atoms with Crippen molar-refractivity contribution in [1.82, 2.24) is 14.5 Å². The number of nitrogens with one attached hydrogen (secondary N) is 2. The number of fused-ring (bicyclic) bond motifs is 1. The molecule has 0 bridgehead atoms. The van der Waals surface area contributed by atoms with Gasteiger partial charge in [0.2, 0.25) is 0 Å². The number of oxazole rings is 1. The van der Waals surface area contributed by atoms with Gasteiger partial charge in [0.15, 0.2) is 5.82 Å². The first kappa shape index (κ1) is 28.2. The Kier molecular flexibility index (Phi) is 7.73. The summed E-state index contributed by atoms with van der Waals surface area (Å²) >= 11 is 18.7. The third-order valence-corrected chi connectivity index (χ3v) is 7.40. The molecule has 2 heterocycles. The molecule has 6 rings (SSSR count). The van der Waals surface area contributed by atoms with Crippen LogP contribution in [-0.4, -0.2) is 19.5 Å². The summed E-state index contributed by atoms with van der Waals surface area (Å²) in [5.74, 6) is 0.482. The average molecular weight is 634 g/mol. The SMILES string of the molecule is O=c1c2ccccc2nc(Cc2ccccc2Nc2c(Cl)cccc2Cl)n1-c1nc(Nc2ccc(Cl)cc2[N+](=O)[O-])co1. The number of nitrogens with zero attached hydrogens (tertiary/aromatic N) is 4. The van der Waals surface area contributed by atoms with Crippen LogP contribution < -0.4 is 16.2 Å². The summed E-state index contributed by atoms with van der Waals surface area (Å²) in [6.45, 7) is 0. The first-order valence-electron chi connectivity index (χ1n) is 12.7. The van der Waals surface area contributed by atoms with Crippen LogP contribution in [0.15, 0.2) is 100 Å². The number of aromatic nitrogens is 3. The number of nitro groups is 1. The quantitative estimate of drug-likeness (QED) is 0.126. The molecule has 0 radical (unpaired) electrons. The minimum absolute atomic E-state index is 0.0723. The molecule has 0 aliphatic carbocycles. The van der Waals surface area contributed by atoms with Gasteiger partial charge in [-0.3, -0.25) is 14.9 Å². The van der Waals surface area contributed by atoms with E-state index >= 15 is 0 Å². The van der Waals surface area contributed by atoms with Gasteiger partial charge in [0.25, 0.3) is 11.2 Å². The van der Waals surface area contributed by atoms with Crippen LogP contribution in [0.25, 0.3) is 16.9 Å². The largest absolute Gasteiger partial charge is 0.429 e. The molecule has 0 spiro atoms. The van der Waals surface area contributed by atoms with Crippen molar-refractivity contribution in [3.05, 3.63) is 138 Å². The topological polar surface area (TPSA) is 128 Å². The van der Waals surface area contributed by atoms with Crippen molar-refractivity contribution in [1.29, 1.82) is 0 Å². The van der Waals surface area contributed by atoms with Crippen molar-refractivity contribution in [2.75, 3.05) is 10.6 Å². The van der Waals surface area contributed by atoms with Crippen LogP contribution in [0.1, 0.15) is 11.4 Å². The smallest absolute Gasteiger partial charge is 0.312 e. The van der Waals surface area contributed by atoms with Crippen molar-refractivity contribution < 1.29 is 9.34 Å². The summed E-state index contributed by atoms with van der Waals surface area (Å²) in [6.07, 6.45) is 1.45. The van der Waals surface area contributed by atoms with E-state index in [2.05, 4.69) is 15.6 Å². The zero-order valence-corrected chi connectivity index (χ0v) is 24.2. The van der Waals surface area contributed by atoms with Gasteiger partial charge < -0.3 is 15.1 Å². The molecule has 6 aromatic rings. The van der Waals surface area contributed by atoms with E-state index in [0.29, 0.717) is 38.1 Å². The average Bonchev–Trinajstić information content (AvgIpc) is 3.44. The maximum atomic E-state index is 13.8. The Morgan fingerprint density at radius 2 is 1.60 bits per heavy atom. The second-order valence-corrected chi connectivity index (χ2v) is 10.6. The molecule has 2 aromatic heterocycles. The van der Waals surface area contributed by atoms with Crippen LogP contribution in [0.2, 0.25) is 15.1 Å². The van der Waals surface area contributed by atoms with Gasteiger partial charge in [-0.15, -0.1) is 0 Å². The van der Waals surface area contributed by atoms with Crippen molar-refractivity contribution in [3.63, 3.8) is 0 Å². The number of hydrogen-bond donors (Lipinski definition) is 2. The zero-order chi connectivity index (χ0) is 30.1. The highest BCUT2D eigenvalue weighted by Gasteiger charge is 2.21. The molecule has 4 aromatic carbocycles. The standard InChI is InChI=1S/C30H19Cl3N6O4/c31-18-12-13-24(25(15-18)39(41)42)34-26-16-43-30(37-26)38-27(35-23-11-4-2-7-19(23)29(38)40)14-17-6-1-3-10-22(17)36-28-20(32)8-5-9-21(28)33/h1-13,15-16,34,36H,14H2. The predicted octanol–water partition coefficient (Wildman–Crippen LogP) is 8.32. The van der Waals surface area contributed by atoms with E-state index in [-0.39, 0.29) is 34.7 Å². The Morgan fingerprint density at radius 1 is 0.860 bits per heavy atom. The maximum Gasteiger partial charge on any atom is 0.312 e. The Hall–Kier alpha value is -4.90. The second-order valence-electron chi connectivity index (χ2n) is 9.30. The molecule has 0 unspecified atom stereocenters. The molecular weight excluding hydrogens is 615 g/mol. The molecule has 0 aliphatic heterocycles. The third kappa shape index (κ3) is 5.76. The first-order valence-corrected chi connectivity index (χ1v) is 13.9. The molecule has 0 aliphatic rings. The number of nitro benzene ring substituents is 1. The number of benzene rings is 4. The van der Waals surface area contributed by atoms with Crippen LogP contribution in [0.3, 0.4) is 0 Å². The van der Waals surface area contributed by atoms with Gasteiger partial charge in [-0.25, -0.2) is 9.55 Å². The Labute approximate surface area is 258 Å². The molecular formula is C30H19Cl3N6O4. The van der Waals surface area contributed by atoms with Gasteiger partial charge in [0.05, 0.1) is 31.6 Å². The third-order valence-electron chi connectivity index (χ3n) is 6.54. The molecule has 0 amide bonds. The molecule has 0 saturated heterocycles. The summed E-state index contributed by atoms with van der Waals surface area (Å²) in [5, 5.41) is 19.2. The van der Waals surface area contributed by atoms with E-state index in [4.69, 9.17) is 44.2 Å². The van der Waals surface area contributed by atoms with Crippen molar-refractivity contribution in [2.24, 2.45) is 0 Å². The molecule has 214 valence electrons. The van der Waals surface area contributed by atoms with Crippen LogP contribution in [0.4, 0.5) is 28.6 Å². The summed E-state index contributed by atoms with van der Waals surface area (Å²) in [7, 11) is 0. The summed E-state index contributed by atoms with van der Waals surface area (Å²) in [6, 6.07) is 23.8. The van der Waals surface area contributed by atoms with Crippen LogP contribution in [-0.2, 0) is 6.42 Å². The highest BCUT2D eigenvalue weighted by Crippen LogP contribution is 2.34. The molecule has 43 heavy (non-hydrogen) atoms. The first-order chi connectivity index (χ1) is 20.8.